The molecule has 8 aliphatic rings. The number of hydroxylamine groups is 4. The number of hydrogen-bond donors (Lipinski definition) is 3. The Morgan fingerprint density at radius 3 is 1.60 bits per heavy atom. The summed E-state index contributed by atoms with van der Waals surface area (Å²) in [6, 6.07) is 7.93. The number of carbonyl (C=O) groups excluding carboxylic acids is 4. The molecule has 6 heterocycles. The predicted molar refractivity (Wildman–Crippen MR) is 207 cm³/mol. The molecule has 19 heteroatoms. The van der Waals surface area contributed by atoms with Crippen LogP contribution in [0.5, 0.6) is 0 Å². The average Bonchev–Trinajstić information content (AvgIpc) is 3.46. The predicted octanol–water partition coefficient (Wildman–Crippen LogP) is 0.975. The number of urea groups is 2. The second kappa shape index (κ2) is 16.2. The van der Waals surface area contributed by atoms with Gasteiger partial charge in [-0.1, -0.05) is 30.3 Å². The highest BCUT2D eigenvalue weighted by Crippen LogP contribution is 2.48. The van der Waals surface area contributed by atoms with Crippen LogP contribution < -0.4 is 10.6 Å². The molecule has 8 fully saturated rings. The first-order chi connectivity index (χ1) is 26.9. The van der Waals surface area contributed by atoms with E-state index in [1.165, 1.54) is 9.96 Å². The van der Waals surface area contributed by atoms with Crippen molar-refractivity contribution in [2.75, 3.05) is 74.5 Å². The fraction of sp³-hybridized carbons (Fsp3) is 0.737. The topological polar surface area (TPSA) is 188 Å². The summed E-state index contributed by atoms with van der Waals surface area (Å²) >= 11 is 0. The summed E-state index contributed by atoms with van der Waals surface area (Å²) in [6.45, 7) is 5.57. The van der Waals surface area contributed by atoms with E-state index in [0.29, 0.717) is 48.3 Å². The third-order valence-corrected chi connectivity index (χ3v) is 12.8. The van der Waals surface area contributed by atoms with E-state index >= 15 is 0 Å². The monoisotopic (exact) mass is 817 g/mol. The Morgan fingerprint density at radius 1 is 0.754 bits per heavy atom. The van der Waals surface area contributed by atoms with Crippen molar-refractivity contribution in [1.29, 1.82) is 0 Å². The van der Waals surface area contributed by atoms with Crippen LogP contribution in [0.15, 0.2) is 30.3 Å². The molecule has 2 aliphatic carbocycles. The van der Waals surface area contributed by atoms with Crippen LogP contribution in [-0.2, 0) is 35.7 Å². The normalized spacial score (nSPS) is 28.8. The summed E-state index contributed by atoms with van der Waals surface area (Å²) in [7, 11) is 5.45. The fourth-order valence-electron chi connectivity index (χ4n) is 10.4. The van der Waals surface area contributed by atoms with Gasteiger partial charge in [-0.25, -0.2) is 9.59 Å². The van der Waals surface area contributed by atoms with Crippen molar-refractivity contribution < 1.29 is 41.3 Å². The summed E-state index contributed by atoms with van der Waals surface area (Å²) < 4.78 is 34.9. The van der Waals surface area contributed by atoms with E-state index in [1.54, 1.807) is 4.90 Å². The quantitative estimate of drug-likeness (QED) is 0.301. The Labute approximate surface area is 335 Å². The summed E-state index contributed by atoms with van der Waals surface area (Å²) in [4.78, 5) is 65.9. The highest BCUT2D eigenvalue weighted by atomic mass is 32.3. The minimum Gasteiger partial charge on any atom is -0.352 e. The molecular formula is C38H59N9O9S. The molecule has 1 aromatic rings. The van der Waals surface area contributed by atoms with Crippen LogP contribution in [0, 0.1) is 10.8 Å². The maximum Gasteiger partial charge on any atom is 0.418 e. The van der Waals surface area contributed by atoms with Crippen molar-refractivity contribution in [3.63, 3.8) is 0 Å². The molecule has 4 atom stereocenters. The van der Waals surface area contributed by atoms with Crippen LogP contribution in [0.3, 0.4) is 0 Å². The fourth-order valence-corrected chi connectivity index (χ4v) is 10.8. The second-order valence-electron chi connectivity index (χ2n) is 18.2. The maximum absolute atomic E-state index is 12.8. The van der Waals surface area contributed by atoms with Gasteiger partial charge in [0.1, 0.15) is 18.7 Å². The molecule has 2 saturated carbocycles. The van der Waals surface area contributed by atoms with Gasteiger partial charge in [0.25, 0.3) is 0 Å². The van der Waals surface area contributed by atoms with Gasteiger partial charge in [-0.05, 0) is 103 Å². The lowest BCUT2D eigenvalue weighted by Gasteiger charge is -2.58. The number of likely N-dealkylation sites (tertiary alicyclic amines) is 2. The SMILES string of the molecule is CN(C)C.CN1CC2(CC(NC(=O)[C@@H]3CC[C@@H]4CN3C(=O)N4OCc3ccccc3)C2)C1.CN1CC2(CC(NC(=O)[C@@H]3CC[C@@H]4CN3C(=O)N4OS(=O)(=O)O)C2)C1. The number of rotatable bonds is 9. The standard InChI is InChI=1S/C21H28N4O3.C14H22N4O6S.C3H9N/c1-23-13-21(14-23)9-16(10-21)22-19(26)18-8-7-17-11-24(18)20(27)25(17)28-12-15-5-3-2-4-6-15;1-16-7-14(8-16)4-9(5-14)15-12(19)11-3-2-10-6-17(11)13(20)18(10)24-25(21,22)23;1-4(2)3/h2-6,16-18H,7-14H2,1H3,(H,22,26);9-11H,2-8H2,1H3,(H,15,19)(H,21,22,23);1-3H3/t17-,18+;10-,11+;/m11./s1. The van der Waals surface area contributed by atoms with Crippen molar-refractivity contribution >= 4 is 34.3 Å². The summed E-state index contributed by atoms with van der Waals surface area (Å²) in [5.74, 6) is -0.197. The van der Waals surface area contributed by atoms with Gasteiger partial charge in [0.05, 0.1) is 12.1 Å². The minimum absolute atomic E-state index is 0.00392. The minimum atomic E-state index is -4.77. The van der Waals surface area contributed by atoms with E-state index in [1.807, 2.05) is 56.4 Å². The number of amides is 6. The van der Waals surface area contributed by atoms with Gasteiger partial charge in [0, 0.05) is 51.4 Å². The molecule has 6 amide bonds. The van der Waals surface area contributed by atoms with Gasteiger partial charge in [-0.3, -0.25) is 19.0 Å². The molecule has 4 bridgehead atoms. The van der Waals surface area contributed by atoms with Crippen molar-refractivity contribution in [2.24, 2.45) is 10.8 Å². The lowest BCUT2D eigenvalue weighted by atomic mass is 9.61. The van der Waals surface area contributed by atoms with Crippen LogP contribution >= 0.6 is 0 Å². The Bertz CT molecular complexity index is 1760. The summed E-state index contributed by atoms with van der Waals surface area (Å²) in [5.41, 5.74) is 1.82. The first kappa shape index (κ1) is 41.6. The van der Waals surface area contributed by atoms with E-state index < -0.39 is 28.5 Å². The number of nitrogens with zero attached hydrogens (tertiary/aromatic N) is 7. The molecule has 9 rings (SSSR count). The third-order valence-electron chi connectivity index (χ3n) is 12.5. The van der Waals surface area contributed by atoms with Crippen LogP contribution in [-0.4, -0.2) is 182 Å². The Kier molecular flexibility index (Phi) is 11.8. The molecule has 18 nitrogen and oxygen atoms in total. The maximum atomic E-state index is 12.8. The van der Waals surface area contributed by atoms with Crippen molar-refractivity contribution in [1.82, 2.24) is 45.3 Å². The third kappa shape index (κ3) is 9.19. The second-order valence-corrected chi connectivity index (χ2v) is 19.2. The van der Waals surface area contributed by atoms with Crippen LogP contribution in [0.4, 0.5) is 9.59 Å². The Hall–Kier alpha value is -3.59. The van der Waals surface area contributed by atoms with Crippen LogP contribution in [0.1, 0.15) is 56.9 Å². The van der Waals surface area contributed by atoms with Crippen LogP contribution in [0.25, 0.3) is 0 Å². The number of benzene rings is 1. The molecule has 6 saturated heterocycles. The molecule has 316 valence electrons. The van der Waals surface area contributed by atoms with E-state index in [-0.39, 0.29) is 48.6 Å². The molecule has 2 spiro atoms. The van der Waals surface area contributed by atoms with Gasteiger partial charge < -0.3 is 35.1 Å². The van der Waals surface area contributed by atoms with E-state index in [0.717, 1.165) is 63.8 Å². The molecule has 3 N–H and O–H groups in total. The van der Waals surface area contributed by atoms with E-state index in [4.69, 9.17) is 9.39 Å². The van der Waals surface area contributed by atoms with E-state index in [2.05, 4.69) is 38.8 Å². The van der Waals surface area contributed by atoms with Gasteiger partial charge >= 0.3 is 22.5 Å². The Morgan fingerprint density at radius 2 is 1.18 bits per heavy atom. The van der Waals surface area contributed by atoms with Gasteiger partial charge in [0.2, 0.25) is 11.8 Å². The first-order valence-electron chi connectivity index (χ1n) is 20.0. The molecule has 57 heavy (non-hydrogen) atoms. The largest absolute Gasteiger partial charge is 0.418 e. The highest BCUT2D eigenvalue weighted by Gasteiger charge is 2.55. The number of piperidine rings is 2. The zero-order valence-corrected chi connectivity index (χ0v) is 34.5. The molecule has 0 aromatic heterocycles. The zero-order chi connectivity index (χ0) is 40.9. The van der Waals surface area contributed by atoms with E-state index in [9.17, 15) is 27.6 Å². The lowest BCUT2D eigenvalue weighted by molar-refractivity contribution is -0.140. The smallest absolute Gasteiger partial charge is 0.352 e. The average molecular weight is 818 g/mol. The van der Waals surface area contributed by atoms with Gasteiger partial charge in [0.15, 0.2) is 0 Å². The molecular weight excluding hydrogens is 759 g/mol. The van der Waals surface area contributed by atoms with Crippen molar-refractivity contribution in [2.45, 2.75) is 94.2 Å². The highest BCUT2D eigenvalue weighted by molar-refractivity contribution is 7.80. The zero-order valence-electron chi connectivity index (χ0n) is 33.7. The number of nitrogens with one attached hydrogen (secondary N) is 2. The number of fused-ring (bicyclic) bond motifs is 4. The molecule has 6 aliphatic heterocycles. The van der Waals surface area contributed by atoms with Gasteiger partial charge in [-0.15, -0.1) is 4.28 Å². The van der Waals surface area contributed by atoms with Crippen LogP contribution in [0.2, 0.25) is 0 Å². The Balaban J connectivity index is 0.000000160. The number of carbonyl (C=O) groups is 4. The van der Waals surface area contributed by atoms with Gasteiger partial charge in [-0.2, -0.15) is 18.5 Å². The van der Waals surface area contributed by atoms with Crippen molar-refractivity contribution in [3.8, 4) is 0 Å². The first-order valence-corrected chi connectivity index (χ1v) is 21.4. The molecule has 0 radical (unpaired) electrons. The molecule has 1 aromatic carbocycles. The lowest BCUT2D eigenvalue weighted by Crippen LogP contribution is -2.66. The molecule has 0 unspecified atom stereocenters. The van der Waals surface area contributed by atoms with Crippen molar-refractivity contribution in [3.05, 3.63) is 35.9 Å². The summed E-state index contributed by atoms with van der Waals surface area (Å²) in [6.07, 6.45) is 6.44. The number of hydrogen-bond acceptors (Lipinski definition) is 11. The summed E-state index contributed by atoms with van der Waals surface area (Å²) in [5, 5.41) is 8.35.